The summed E-state index contributed by atoms with van der Waals surface area (Å²) in [6.45, 7) is 0.438. The molecule has 0 saturated heterocycles. The van der Waals surface area contributed by atoms with E-state index in [9.17, 15) is 0 Å². The molecule has 1 aliphatic carbocycles. The van der Waals surface area contributed by atoms with Crippen LogP contribution in [0.1, 0.15) is 6.42 Å². The van der Waals surface area contributed by atoms with E-state index in [0.29, 0.717) is 6.54 Å². The fraction of sp³-hybridized carbons (Fsp3) is 0.556. The van der Waals surface area contributed by atoms with Gasteiger partial charge in [0.15, 0.2) is 0 Å². The van der Waals surface area contributed by atoms with Crippen LogP contribution in [0.5, 0.6) is 0 Å². The summed E-state index contributed by atoms with van der Waals surface area (Å²) >= 11 is 0. The summed E-state index contributed by atoms with van der Waals surface area (Å²) in [7, 11) is 3.29. The molecule has 12 heavy (non-hydrogen) atoms. The molecule has 3 nitrogen and oxygen atoms in total. The van der Waals surface area contributed by atoms with Crippen molar-refractivity contribution < 1.29 is 9.47 Å². The lowest BCUT2D eigenvalue weighted by Crippen LogP contribution is -2.42. The number of rotatable bonds is 3. The molecule has 1 atom stereocenters. The van der Waals surface area contributed by atoms with Crippen LogP contribution in [-0.2, 0) is 9.47 Å². The normalized spacial score (nSPS) is 28.4. The zero-order valence-corrected chi connectivity index (χ0v) is 7.54. The molecule has 0 heterocycles. The summed E-state index contributed by atoms with van der Waals surface area (Å²) in [5.41, 5.74) is 5.19. The van der Waals surface area contributed by atoms with Crippen LogP contribution in [0.25, 0.3) is 0 Å². The highest BCUT2D eigenvalue weighted by molar-refractivity contribution is 5.24. The summed E-state index contributed by atoms with van der Waals surface area (Å²) in [6, 6.07) is 0. The smallest absolute Gasteiger partial charge is 0.140 e. The van der Waals surface area contributed by atoms with Crippen molar-refractivity contribution in [2.75, 3.05) is 20.8 Å². The van der Waals surface area contributed by atoms with E-state index in [1.54, 1.807) is 14.2 Å². The van der Waals surface area contributed by atoms with Crippen molar-refractivity contribution >= 4 is 0 Å². The monoisotopic (exact) mass is 169 g/mol. The predicted octanol–water partition coefficient (Wildman–Crippen LogP) is 0.821. The van der Waals surface area contributed by atoms with Gasteiger partial charge >= 0.3 is 0 Å². The van der Waals surface area contributed by atoms with Crippen molar-refractivity contribution in [3.05, 3.63) is 24.0 Å². The maximum atomic E-state index is 5.64. The van der Waals surface area contributed by atoms with Gasteiger partial charge in [-0.05, 0) is 6.08 Å². The van der Waals surface area contributed by atoms with Crippen molar-refractivity contribution in [1.82, 2.24) is 0 Å². The molecule has 0 saturated carbocycles. The van der Waals surface area contributed by atoms with E-state index in [-0.39, 0.29) is 0 Å². The number of allylic oxidation sites excluding steroid dienone is 2. The van der Waals surface area contributed by atoms with Crippen LogP contribution in [0.3, 0.4) is 0 Å². The van der Waals surface area contributed by atoms with Crippen molar-refractivity contribution in [3.8, 4) is 0 Å². The topological polar surface area (TPSA) is 44.5 Å². The Morgan fingerprint density at radius 2 is 2.33 bits per heavy atom. The SMILES string of the molecule is COC1=CC=CCC1(CN)OC. The number of ether oxygens (including phenoxy) is 2. The third kappa shape index (κ3) is 1.38. The van der Waals surface area contributed by atoms with Crippen LogP contribution in [0.2, 0.25) is 0 Å². The minimum Gasteiger partial charge on any atom is -0.498 e. The second kappa shape index (κ2) is 3.74. The molecule has 0 amide bonds. The highest BCUT2D eigenvalue weighted by Gasteiger charge is 2.34. The van der Waals surface area contributed by atoms with Gasteiger partial charge in [0.2, 0.25) is 0 Å². The lowest BCUT2D eigenvalue weighted by molar-refractivity contribution is -0.0113. The minimum atomic E-state index is -0.441. The van der Waals surface area contributed by atoms with Crippen molar-refractivity contribution in [3.63, 3.8) is 0 Å². The summed E-state index contributed by atoms with van der Waals surface area (Å²) in [5, 5.41) is 0. The average molecular weight is 169 g/mol. The van der Waals surface area contributed by atoms with Crippen molar-refractivity contribution in [2.45, 2.75) is 12.0 Å². The molecule has 0 aliphatic heterocycles. The second-order valence-electron chi connectivity index (χ2n) is 2.77. The molecule has 0 aromatic carbocycles. The molecule has 1 unspecified atom stereocenters. The summed E-state index contributed by atoms with van der Waals surface area (Å²) < 4.78 is 10.6. The summed E-state index contributed by atoms with van der Waals surface area (Å²) in [4.78, 5) is 0. The molecule has 2 N–H and O–H groups in total. The third-order valence-electron chi connectivity index (χ3n) is 2.22. The fourth-order valence-corrected chi connectivity index (χ4v) is 1.37. The first-order chi connectivity index (χ1) is 5.79. The van der Waals surface area contributed by atoms with Crippen LogP contribution in [0.4, 0.5) is 0 Å². The third-order valence-corrected chi connectivity index (χ3v) is 2.22. The zero-order chi connectivity index (χ0) is 9.03. The van der Waals surface area contributed by atoms with Gasteiger partial charge in [-0.3, -0.25) is 0 Å². The van der Waals surface area contributed by atoms with Gasteiger partial charge in [0.1, 0.15) is 11.4 Å². The number of nitrogens with two attached hydrogens (primary N) is 1. The molecule has 3 heteroatoms. The van der Waals surface area contributed by atoms with Crippen LogP contribution >= 0.6 is 0 Å². The largest absolute Gasteiger partial charge is 0.498 e. The second-order valence-corrected chi connectivity index (χ2v) is 2.77. The molecule has 0 fully saturated rings. The van der Waals surface area contributed by atoms with Crippen molar-refractivity contribution in [2.24, 2.45) is 5.73 Å². The van der Waals surface area contributed by atoms with E-state index in [1.165, 1.54) is 0 Å². The minimum absolute atomic E-state index is 0.438. The molecule has 0 bridgehead atoms. The van der Waals surface area contributed by atoms with Gasteiger partial charge in [-0.2, -0.15) is 0 Å². The number of hydrogen-bond donors (Lipinski definition) is 1. The Morgan fingerprint density at radius 1 is 1.58 bits per heavy atom. The van der Waals surface area contributed by atoms with Crippen LogP contribution in [0.15, 0.2) is 24.0 Å². The predicted molar refractivity (Wildman–Crippen MR) is 47.6 cm³/mol. The number of hydrogen-bond acceptors (Lipinski definition) is 3. The van der Waals surface area contributed by atoms with Gasteiger partial charge in [0.25, 0.3) is 0 Å². The van der Waals surface area contributed by atoms with E-state index >= 15 is 0 Å². The Hall–Kier alpha value is -0.800. The Morgan fingerprint density at radius 3 is 2.75 bits per heavy atom. The standard InChI is InChI=1S/C9H15NO2/c1-11-8-5-3-4-6-9(8,7-10)12-2/h3-5H,6-7,10H2,1-2H3. The maximum Gasteiger partial charge on any atom is 0.140 e. The van der Waals surface area contributed by atoms with Gasteiger partial charge in [-0.25, -0.2) is 0 Å². The highest BCUT2D eigenvalue weighted by atomic mass is 16.5. The number of methoxy groups -OCH3 is 2. The molecular weight excluding hydrogens is 154 g/mol. The summed E-state index contributed by atoms with van der Waals surface area (Å²) in [5.74, 6) is 0.801. The maximum absolute atomic E-state index is 5.64. The molecular formula is C9H15NO2. The molecule has 0 radical (unpaired) electrons. The van der Waals surface area contributed by atoms with Gasteiger partial charge < -0.3 is 15.2 Å². The summed E-state index contributed by atoms with van der Waals surface area (Å²) in [6.07, 6.45) is 6.64. The Kier molecular flexibility index (Phi) is 2.89. The Bertz CT molecular complexity index is 205. The van der Waals surface area contributed by atoms with E-state index in [4.69, 9.17) is 15.2 Å². The lowest BCUT2D eigenvalue weighted by Gasteiger charge is -2.32. The quantitative estimate of drug-likeness (QED) is 0.680. The molecule has 0 aromatic heterocycles. The molecule has 1 aliphatic rings. The van der Waals surface area contributed by atoms with E-state index in [1.807, 2.05) is 18.2 Å². The first-order valence-corrected chi connectivity index (χ1v) is 3.95. The lowest BCUT2D eigenvalue weighted by atomic mass is 9.93. The Labute approximate surface area is 72.8 Å². The molecule has 0 aromatic rings. The van der Waals surface area contributed by atoms with Crippen LogP contribution in [0, 0.1) is 0 Å². The van der Waals surface area contributed by atoms with Crippen LogP contribution < -0.4 is 5.73 Å². The van der Waals surface area contributed by atoms with E-state index < -0.39 is 5.60 Å². The fourth-order valence-electron chi connectivity index (χ4n) is 1.37. The molecule has 1 rings (SSSR count). The van der Waals surface area contributed by atoms with Gasteiger partial charge in [0, 0.05) is 20.1 Å². The molecule has 0 spiro atoms. The van der Waals surface area contributed by atoms with Crippen LogP contribution in [-0.4, -0.2) is 26.4 Å². The highest BCUT2D eigenvalue weighted by Crippen LogP contribution is 2.28. The van der Waals surface area contributed by atoms with Gasteiger partial charge in [-0.1, -0.05) is 12.2 Å². The molecule has 68 valence electrons. The first-order valence-electron chi connectivity index (χ1n) is 3.95. The van der Waals surface area contributed by atoms with Gasteiger partial charge in [-0.15, -0.1) is 0 Å². The zero-order valence-electron chi connectivity index (χ0n) is 7.54. The van der Waals surface area contributed by atoms with Crippen molar-refractivity contribution in [1.29, 1.82) is 0 Å². The Balaban J connectivity index is 2.88. The van der Waals surface area contributed by atoms with E-state index in [2.05, 4.69) is 0 Å². The van der Waals surface area contributed by atoms with E-state index in [0.717, 1.165) is 12.2 Å². The first kappa shape index (κ1) is 9.29. The average Bonchev–Trinajstić information content (AvgIpc) is 2.17. The van der Waals surface area contributed by atoms with Gasteiger partial charge in [0.05, 0.1) is 7.11 Å².